The fraction of sp³-hybridized carbons (Fsp3) is 0.833. The molecule has 66 valence electrons. The molecule has 5 heteroatoms. The minimum atomic E-state index is -3.03. The Hall–Kier alpha value is -0.710. The number of halogens is 2. The van der Waals surface area contributed by atoms with Crippen LogP contribution >= 0.6 is 0 Å². The van der Waals surface area contributed by atoms with Crippen molar-refractivity contribution in [1.82, 2.24) is 0 Å². The summed E-state index contributed by atoms with van der Waals surface area (Å²) in [6.07, 6.45) is -1.37. The molecule has 0 unspecified atom stereocenters. The van der Waals surface area contributed by atoms with E-state index in [1.165, 1.54) is 0 Å². The van der Waals surface area contributed by atoms with Crippen LogP contribution in [0.5, 0.6) is 0 Å². The van der Waals surface area contributed by atoms with Crippen molar-refractivity contribution in [2.24, 2.45) is 5.73 Å². The Morgan fingerprint density at radius 1 is 1.64 bits per heavy atom. The average molecular weight is 167 g/mol. The third-order valence-electron chi connectivity index (χ3n) is 1.14. The van der Waals surface area contributed by atoms with Gasteiger partial charge in [-0.05, 0) is 6.54 Å². The van der Waals surface area contributed by atoms with Crippen LogP contribution in [0.15, 0.2) is 0 Å². The molecule has 0 spiro atoms. The Kier molecular flexibility index (Phi) is 3.95. The Morgan fingerprint density at radius 2 is 2.18 bits per heavy atom. The lowest BCUT2D eigenvalue weighted by Gasteiger charge is -2.12. The molecular weight excluding hydrogens is 156 g/mol. The number of hydrogen-bond donors (Lipinski definition) is 1. The Bertz CT molecular complexity index is 139. The predicted octanol–water partition coefficient (Wildman–Crippen LogP) is 0.534. The maximum Gasteiger partial charge on any atom is 0.311 e. The summed E-state index contributed by atoms with van der Waals surface area (Å²) in [7, 11) is 1.07. The van der Waals surface area contributed by atoms with Gasteiger partial charge in [-0.1, -0.05) is 0 Å². The molecule has 0 radical (unpaired) electrons. The van der Waals surface area contributed by atoms with E-state index in [2.05, 4.69) is 4.74 Å². The second-order valence-electron chi connectivity index (χ2n) is 2.15. The first-order chi connectivity index (χ1) is 5.02. The molecular formula is C6H11F2NO2. The van der Waals surface area contributed by atoms with E-state index in [9.17, 15) is 13.6 Å². The van der Waals surface area contributed by atoms with Gasteiger partial charge in [0.1, 0.15) is 6.42 Å². The highest BCUT2D eigenvalue weighted by atomic mass is 19.3. The summed E-state index contributed by atoms with van der Waals surface area (Å²) in [5.74, 6) is -3.94. The Labute approximate surface area is 63.5 Å². The van der Waals surface area contributed by atoms with Gasteiger partial charge in [0.05, 0.1) is 7.11 Å². The number of methoxy groups -OCH3 is 1. The molecule has 2 N–H and O–H groups in total. The van der Waals surface area contributed by atoms with Gasteiger partial charge >= 0.3 is 5.97 Å². The zero-order valence-corrected chi connectivity index (χ0v) is 6.27. The molecule has 0 rings (SSSR count). The topological polar surface area (TPSA) is 52.3 Å². The number of esters is 1. The van der Waals surface area contributed by atoms with Crippen LogP contribution in [0.2, 0.25) is 0 Å². The quantitative estimate of drug-likeness (QED) is 0.621. The molecule has 0 saturated carbocycles. The minimum Gasteiger partial charge on any atom is -0.469 e. The molecule has 0 fully saturated rings. The van der Waals surface area contributed by atoms with Gasteiger partial charge in [-0.15, -0.1) is 0 Å². The first-order valence-corrected chi connectivity index (χ1v) is 3.16. The third kappa shape index (κ3) is 4.66. The second kappa shape index (κ2) is 4.23. The largest absolute Gasteiger partial charge is 0.469 e. The fourth-order valence-electron chi connectivity index (χ4n) is 0.583. The van der Waals surface area contributed by atoms with Crippen molar-refractivity contribution in [1.29, 1.82) is 0 Å². The molecule has 0 aromatic heterocycles. The number of alkyl halides is 2. The number of nitrogens with two attached hydrogens (primary N) is 1. The standard InChI is InChI=1S/C6H11F2NO2/c1-11-5(10)4-6(7,8)2-3-9/h2-4,9H2,1H3. The van der Waals surface area contributed by atoms with Crippen LogP contribution in [0.1, 0.15) is 12.8 Å². The van der Waals surface area contributed by atoms with E-state index in [1.807, 2.05) is 0 Å². The zero-order chi connectivity index (χ0) is 8.91. The van der Waals surface area contributed by atoms with Crippen molar-refractivity contribution in [3.05, 3.63) is 0 Å². The molecule has 0 amide bonds. The molecule has 0 aromatic carbocycles. The van der Waals surface area contributed by atoms with Gasteiger partial charge < -0.3 is 10.5 Å². The predicted molar refractivity (Wildman–Crippen MR) is 35.3 cm³/mol. The number of ether oxygens (including phenoxy) is 1. The average Bonchev–Trinajstić information content (AvgIpc) is 1.86. The van der Waals surface area contributed by atoms with E-state index in [0.29, 0.717) is 0 Å². The van der Waals surface area contributed by atoms with E-state index in [0.717, 1.165) is 7.11 Å². The van der Waals surface area contributed by atoms with Gasteiger partial charge in [-0.25, -0.2) is 8.78 Å². The second-order valence-corrected chi connectivity index (χ2v) is 2.15. The maximum atomic E-state index is 12.5. The van der Waals surface area contributed by atoms with E-state index in [-0.39, 0.29) is 6.54 Å². The van der Waals surface area contributed by atoms with Crippen LogP contribution in [-0.2, 0) is 9.53 Å². The van der Waals surface area contributed by atoms with Crippen LogP contribution < -0.4 is 5.73 Å². The van der Waals surface area contributed by atoms with Gasteiger partial charge in [-0.3, -0.25) is 4.79 Å². The lowest BCUT2D eigenvalue weighted by Crippen LogP contribution is -2.25. The summed E-state index contributed by atoms with van der Waals surface area (Å²) >= 11 is 0. The first-order valence-electron chi connectivity index (χ1n) is 3.16. The first kappa shape index (κ1) is 10.3. The number of hydrogen-bond acceptors (Lipinski definition) is 3. The molecule has 0 aliphatic carbocycles. The third-order valence-corrected chi connectivity index (χ3v) is 1.14. The molecule has 0 saturated heterocycles. The van der Waals surface area contributed by atoms with E-state index in [1.54, 1.807) is 0 Å². The molecule has 0 aliphatic heterocycles. The zero-order valence-electron chi connectivity index (χ0n) is 6.27. The lowest BCUT2D eigenvalue weighted by atomic mass is 10.2. The van der Waals surface area contributed by atoms with Crippen LogP contribution in [0.3, 0.4) is 0 Å². The van der Waals surface area contributed by atoms with E-state index in [4.69, 9.17) is 5.73 Å². The van der Waals surface area contributed by atoms with Gasteiger partial charge in [0, 0.05) is 6.42 Å². The van der Waals surface area contributed by atoms with Gasteiger partial charge in [0.25, 0.3) is 5.92 Å². The highest BCUT2D eigenvalue weighted by molar-refractivity contribution is 5.70. The number of carbonyl (C=O) groups excluding carboxylic acids is 1. The number of rotatable bonds is 4. The maximum absolute atomic E-state index is 12.5. The van der Waals surface area contributed by atoms with E-state index >= 15 is 0 Å². The smallest absolute Gasteiger partial charge is 0.311 e. The molecule has 0 aromatic rings. The van der Waals surface area contributed by atoms with Crippen LogP contribution in [0.25, 0.3) is 0 Å². The number of carbonyl (C=O) groups is 1. The van der Waals surface area contributed by atoms with Gasteiger partial charge in [0.15, 0.2) is 0 Å². The molecule has 11 heavy (non-hydrogen) atoms. The summed E-state index contributed by atoms with van der Waals surface area (Å²) < 4.78 is 29.0. The molecule has 0 atom stereocenters. The van der Waals surface area contributed by atoms with Crippen LogP contribution in [0.4, 0.5) is 8.78 Å². The monoisotopic (exact) mass is 167 g/mol. The normalized spacial score (nSPS) is 11.3. The summed E-state index contributed by atoms with van der Waals surface area (Å²) in [5.41, 5.74) is 4.90. The van der Waals surface area contributed by atoms with Crippen LogP contribution in [0, 0.1) is 0 Å². The van der Waals surface area contributed by atoms with E-state index < -0.39 is 24.7 Å². The van der Waals surface area contributed by atoms with Gasteiger partial charge in [0.2, 0.25) is 0 Å². The van der Waals surface area contributed by atoms with Gasteiger partial charge in [-0.2, -0.15) is 0 Å². The lowest BCUT2D eigenvalue weighted by molar-refractivity contribution is -0.148. The van der Waals surface area contributed by atoms with Crippen molar-refractivity contribution in [3.8, 4) is 0 Å². The summed E-state index contributed by atoms with van der Waals surface area (Å²) in [6.45, 7) is -0.135. The van der Waals surface area contributed by atoms with Crippen LogP contribution in [-0.4, -0.2) is 25.5 Å². The molecule has 0 aliphatic rings. The molecule has 0 heterocycles. The van der Waals surface area contributed by atoms with Crippen molar-refractivity contribution in [3.63, 3.8) is 0 Å². The molecule has 3 nitrogen and oxygen atoms in total. The summed E-state index contributed by atoms with van der Waals surface area (Å²) in [6, 6.07) is 0. The molecule has 0 bridgehead atoms. The van der Waals surface area contributed by atoms with Crippen molar-refractivity contribution < 1.29 is 18.3 Å². The minimum absolute atomic E-state index is 0.135. The highest BCUT2D eigenvalue weighted by Gasteiger charge is 2.31. The van der Waals surface area contributed by atoms with Crippen molar-refractivity contribution in [2.75, 3.05) is 13.7 Å². The highest BCUT2D eigenvalue weighted by Crippen LogP contribution is 2.22. The van der Waals surface area contributed by atoms with Crippen molar-refractivity contribution in [2.45, 2.75) is 18.8 Å². The summed E-state index contributed by atoms with van der Waals surface area (Å²) in [4.78, 5) is 10.4. The summed E-state index contributed by atoms with van der Waals surface area (Å²) in [5, 5.41) is 0. The fourth-order valence-corrected chi connectivity index (χ4v) is 0.583. The Balaban J connectivity index is 3.80. The van der Waals surface area contributed by atoms with Crippen molar-refractivity contribution >= 4 is 5.97 Å². The Morgan fingerprint density at radius 3 is 2.55 bits per heavy atom. The SMILES string of the molecule is COC(=O)CC(F)(F)CCN.